The molecule has 61 heavy (non-hydrogen) atoms. The first-order chi connectivity index (χ1) is 28.4. The first-order valence-electron chi connectivity index (χ1n) is 20.5. The summed E-state index contributed by atoms with van der Waals surface area (Å²) in [5, 5.41) is 40.2. The summed E-state index contributed by atoms with van der Waals surface area (Å²) in [6.07, 6.45) is -10.3. The van der Waals surface area contributed by atoms with Crippen LogP contribution in [-0.2, 0) is 47.7 Å². The average molecular weight is 848 g/mol. The maximum absolute atomic E-state index is 15.5. The van der Waals surface area contributed by atoms with Crippen molar-refractivity contribution >= 4 is 35.6 Å². The quantitative estimate of drug-likeness (QED) is 0.152. The number of amides is 1. The Morgan fingerprint density at radius 2 is 1.52 bits per heavy atom. The second-order valence-corrected chi connectivity index (χ2v) is 18.8. The van der Waals surface area contributed by atoms with E-state index < -0.39 is 118 Å². The smallest absolute Gasteiger partial charge is 0.338 e. The monoisotopic (exact) mass is 847 g/mol. The van der Waals surface area contributed by atoms with Gasteiger partial charge in [0, 0.05) is 38.5 Å². The number of benzene rings is 2. The van der Waals surface area contributed by atoms with Gasteiger partial charge in [0.1, 0.15) is 23.9 Å². The van der Waals surface area contributed by atoms with Crippen LogP contribution in [0.2, 0.25) is 0 Å². The molecule has 3 fully saturated rings. The summed E-state index contributed by atoms with van der Waals surface area (Å²) >= 11 is 0. The molecule has 0 spiro atoms. The maximum Gasteiger partial charge on any atom is 0.338 e. The predicted molar refractivity (Wildman–Crippen MR) is 216 cm³/mol. The minimum Gasteiger partial charge on any atom is -0.456 e. The molecule has 0 radical (unpaired) electrons. The van der Waals surface area contributed by atoms with Gasteiger partial charge in [-0.2, -0.15) is 0 Å². The Bertz CT molecular complexity index is 2090. The number of rotatable bonds is 10. The van der Waals surface area contributed by atoms with Gasteiger partial charge in [0.2, 0.25) is 5.91 Å². The fraction of sp³-hybridized carbons (Fsp3) is 0.565. The zero-order valence-corrected chi connectivity index (χ0v) is 36.1. The Kier molecular flexibility index (Phi) is 12.2. The van der Waals surface area contributed by atoms with Crippen molar-refractivity contribution in [1.29, 1.82) is 0 Å². The van der Waals surface area contributed by atoms with Gasteiger partial charge in [-0.1, -0.05) is 83.1 Å². The van der Waals surface area contributed by atoms with Gasteiger partial charge in [0.05, 0.1) is 35.6 Å². The van der Waals surface area contributed by atoms with Gasteiger partial charge in [0.15, 0.2) is 23.6 Å². The molecule has 2 aromatic carbocycles. The molecular formula is C46H57NO14. The molecule has 2 bridgehead atoms. The van der Waals surface area contributed by atoms with Crippen LogP contribution in [-0.4, -0.2) is 105 Å². The highest BCUT2D eigenvalue weighted by atomic mass is 16.6. The van der Waals surface area contributed by atoms with Crippen molar-refractivity contribution in [3.8, 4) is 0 Å². The summed E-state index contributed by atoms with van der Waals surface area (Å²) < 4.78 is 30.3. The third-order valence-electron chi connectivity index (χ3n) is 13.2. The van der Waals surface area contributed by atoms with Gasteiger partial charge in [-0.15, -0.1) is 0 Å². The van der Waals surface area contributed by atoms with E-state index >= 15 is 4.79 Å². The molecule has 2 aromatic rings. The number of aliphatic hydroxyl groups excluding tert-OH is 2. The highest BCUT2D eigenvalue weighted by Gasteiger charge is 2.78. The molecule has 4 N–H and O–H groups in total. The number of hydrogen-bond acceptors (Lipinski definition) is 14. The van der Waals surface area contributed by atoms with Gasteiger partial charge in [-0.05, 0) is 48.1 Å². The minimum atomic E-state index is -2.38. The van der Waals surface area contributed by atoms with E-state index in [0.717, 1.165) is 13.8 Å². The number of carbonyl (C=O) groups is 6. The lowest BCUT2D eigenvalue weighted by atomic mass is 9.44. The Labute approximate surface area is 355 Å². The van der Waals surface area contributed by atoms with Crippen LogP contribution in [0, 0.1) is 22.2 Å². The number of Topliss-reactive ketones (excluding diaryl/α,β-unsaturated/α-hetero) is 1. The predicted octanol–water partition coefficient (Wildman–Crippen LogP) is 3.86. The number of fused-ring (bicyclic) bond motifs is 5. The number of ketones is 1. The third kappa shape index (κ3) is 8.01. The van der Waals surface area contributed by atoms with Crippen molar-refractivity contribution in [2.45, 2.75) is 135 Å². The van der Waals surface area contributed by atoms with Gasteiger partial charge in [-0.25, -0.2) is 9.59 Å². The van der Waals surface area contributed by atoms with Crippen molar-refractivity contribution in [2.75, 3.05) is 6.61 Å². The van der Waals surface area contributed by atoms with E-state index in [1.165, 1.54) is 26.0 Å². The first kappa shape index (κ1) is 45.6. The topological polar surface area (TPSA) is 221 Å². The van der Waals surface area contributed by atoms with Crippen LogP contribution in [0.15, 0.2) is 71.8 Å². The Morgan fingerprint density at radius 3 is 2.07 bits per heavy atom. The molecule has 330 valence electrons. The van der Waals surface area contributed by atoms with Gasteiger partial charge < -0.3 is 44.3 Å². The molecule has 3 aliphatic carbocycles. The molecule has 1 amide bonds. The van der Waals surface area contributed by atoms with Gasteiger partial charge >= 0.3 is 23.9 Å². The van der Waals surface area contributed by atoms with Gasteiger partial charge in [0.25, 0.3) is 0 Å². The van der Waals surface area contributed by atoms with E-state index in [0.29, 0.717) is 5.56 Å². The second kappa shape index (κ2) is 16.4. The summed E-state index contributed by atoms with van der Waals surface area (Å²) in [6, 6.07) is 14.9. The van der Waals surface area contributed by atoms with Crippen LogP contribution >= 0.6 is 0 Å². The highest BCUT2D eigenvalue weighted by Crippen LogP contribution is 2.64. The van der Waals surface area contributed by atoms with Crippen LogP contribution in [0.3, 0.4) is 0 Å². The summed E-state index contributed by atoms with van der Waals surface area (Å²) in [7, 11) is 0. The fourth-order valence-corrected chi connectivity index (χ4v) is 10.1. The lowest BCUT2D eigenvalue weighted by Gasteiger charge is -2.67. The van der Waals surface area contributed by atoms with E-state index in [1.807, 2.05) is 20.8 Å². The van der Waals surface area contributed by atoms with Crippen molar-refractivity contribution in [3.05, 3.63) is 82.9 Å². The molecule has 4 aliphatic rings. The van der Waals surface area contributed by atoms with E-state index in [-0.39, 0.29) is 36.2 Å². The van der Waals surface area contributed by atoms with Crippen LogP contribution in [0.4, 0.5) is 0 Å². The second-order valence-electron chi connectivity index (χ2n) is 18.8. The summed E-state index contributed by atoms with van der Waals surface area (Å²) in [4.78, 5) is 83.2. The number of ether oxygens (including phenoxy) is 5. The lowest BCUT2D eigenvalue weighted by Crippen LogP contribution is -2.82. The number of aliphatic hydroxyl groups is 3. The Balaban J connectivity index is 1.54. The van der Waals surface area contributed by atoms with Gasteiger partial charge in [-0.3, -0.25) is 19.2 Å². The average Bonchev–Trinajstić information content (AvgIpc) is 3.17. The van der Waals surface area contributed by atoms with E-state index in [4.69, 9.17) is 23.7 Å². The van der Waals surface area contributed by atoms with E-state index in [2.05, 4.69) is 5.32 Å². The molecule has 11 atom stereocenters. The molecule has 15 heteroatoms. The minimum absolute atomic E-state index is 0.00739. The van der Waals surface area contributed by atoms with Crippen molar-refractivity contribution < 1.29 is 67.8 Å². The molecule has 1 saturated heterocycles. The fourth-order valence-electron chi connectivity index (χ4n) is 10.1. The molecule has 2 unspecified atom stereocenters. The number of nitrogens with one attached hydrogen (secondary N) is 1. The number of carbonyl (C=O) groups excluding carboxylic acids is 6. The first-order valence-corrected chi connectivity index (χ1v) is 20.5. The Hall–Kier alpha value is -4.96. The van der Waals surface area contributed by atoms with Crippen molar-refractivity contribution in [3.63, 3.8) is 0 Å². The summed E-state index contributed by atoms with van der Waals surface area (Å²) in [6.45, 7) is 13.6. The number of esters is 4. The molecule has 0 aromatic heterocycles. The zero-order valence-electron chi connectivity index (χ0n) is 36.1. The summed E-state index contributed by atoms with van der Waals surface area (Å²) in [5.41, 5.74) is -7.60. The van der Waals surface area contributed by atoms with Crippen LogP contribution in [0.25, 0.3) is 0 Å². The van der Waals surface area contributed by atoms with Crippen molar-refractivity contribution in [2.24, 2.45) is 22.2 Å². The highest BCUT2D eigenvalue weighted by molar-refractivity contribution is 5.95. The summed E-state index contributed by atoms with van der Waals surface area (Å²) in [5.74, 6) is -6.63. The molecule has 1 aliphatic heterocycles. The van der Waals surface area contributed by atoms with Crippen LogP contribution < -0.4 is 5.32 Å². The van der Waals surface area contributed by atoms with Crippen LogP contribution in [0.1, 0.15) is 104 Å². The molecule has 15 nitrogen and oxygen atoms in total. The molecule has 6 rings (SSSR count). The molecule has 1 heterocycles. The zero-order chi connectivity index (χ0) is 45.0. The lowest BCUT2D eigenvalue weighted by molar-refractivity contribution is -0.346. The molecular weight excluding hydrogens is 790 g/mol. The largest absolute Gasteiger partial charge is 0.456 e. The Morgan fingerprint density at radius 1 is 0.918 bits per heavy atom. The third-order valence-corrected chi connectivity index (χ3v) is 13.2. The maximum atomic E-state index is 15.5. The standard InChI is InChI=1S/C46H57NO14/c1-24-29(59-41(55)35(52)34(27-16-12-10-13-17-27)47-32(51)22-42(4,5)6)21-46(56)39(60-40(54)28-18-14-11-15-19-28)37-44(9,30(50)20-31-45(37,23-57-31)61-26(3)49)38(53)36(58-25(2)48)33(24)43(46,7)8/h10-19,29-31,34-37,39,50,52,56H,20-23H2,1-9H3,(H,47,51)/t29-,30-,31+,34-,35?,36+,37-,39?,44+,45-,46+/m0/s1. The van der Waals surface area contributed by atoms with Crippen molar-refractivity contribution in [1.82, 2.24) is 5.32 Å². The number of hydrogen-bond donors (Lipinski definition) is 4. The van der Waals surface area contributed by atoms with Crippen LogP contribution in [0.5, 0.6) is 0 Å². The van der Waals surface area contributed by atoms with E-state index in [1.54, 1.807) is 62.4 Å². The SMILES string of the molecule is CC(=O)O[C@H]1C(=O)[C@@]2(C)[C@H](C(OC(=O)c3ccccc3)[C@]3(O)C[C@H](OC(=O)C(O)[C@@H](NC(=O)CC(C)(C)C)c4ccccc4)C(C)=C1C3(C)C)[C@]1(OC(C)=O)CO[C@@H]1C[C@@H]2O. The van der Waals surface area contributed by atoms with E-state index in [9.17, 15) is 39.3 Å². The molecule has 2 saturated carbocycles. The normalized spacial score (nSPS) is 32.6.